The van der Waals surface area contributed by atoms with Crippen molar-refractivity contribution < 1.29 is 22.4 Å². The smallest absolute Gasteiger partial charge is 0.416 e. The summed E-state index contributed by atoms with van der Waals surface area (Å²) in [7, 11) is 1.74. The lowest BCUT2D eigenvalue weighted by molar-refractivity contribution is -0.137. The highest BCUT2D eigenvalue weighted by molar-refractivity contribution is 5.92. The molecular formula is C15H15F3N2O2. The summed E-state index contributed by atoms with van der Waals surface area (Å²) in [5.41, 5.74) is -0.426. The normalized spacial score (nSPS) is 11.7. The second-order valence-corrected chi connectivity index (χ2v) is 4.87. The first-order valence-corrected chi connectivity index (χ1v) is 6.52. The van der Waals surface area contributed by atoms with Crippen molar-refractivity contribution >= 4 is 11.6 Å². The molecule has 1 amide bonds. The Morgan fingerprint density at radius 3 is 2.45 bits per heavy atom. The molecule has 4 nitrogen and oxygen atoms in total. The molecule has 0 saturated heterocycles. The first-order valence-electron chi connectivity index (χ1n) is 6.52. The molecule has 0 saturated carbocycles. The molecule has 0 aliphatic carbocycles. The Bertz CT molecular complexity index is 607. The second kappa shape index (κ2) is 6.65. The van der Waals surface area contributed by atoms with Crippen molar-refractivity contribution in [3.63, 3.8) is 0 Å². The number of carbonyl (C=O) groups excluding carboxylic acids is 1. The molecule has 1 aromatic heterocycles. The lowest BCUT2D eigenvalue weighted by Crippen LogP contribution is -2.29. The number of rotatable bonds is 5. The SMILES string of the molecule is CN(CC(=O)Nc1ccc(C(F)(F)F)cc1)Cc1ccco1. The topological polar surface area (TPSA) is 45.5 Å². The third kappa shape index (κ3) is 4.63. The van der Waals surface area contributed by atoms with E-state index >= 15 is 0 Å². The molecular weight excluding hydrogens is 297 g/mol. The maximum absolute atomic E-state index is 12.4. The Hall–Kier alpha value is -2.28. The molecule has 7 heteroatoms. The van der Waals surface area contributed by atoms with Gasteiger partial charge in [0.05, 0.1) is 24.9 Å². The van der Waals surface area contributed by atoms with E-state index in [4.69, 9.17) is 4.42 Å². The molecule has 1 heterocycles. The number of likely N-dealkylation sites (N-methyl/N-ethyl adjacent to an activating group) is 1. The van der Waals surface area contributed by atoms with Crippen LogP contribution < -0.4 is 5.32 Å². The largest absolute Gasteiger partial charge is 0.468 e. The number of amides is 1. The number of nitrogens with zero attached hydrogens (tertiary/aromatic N) is 1. The van der Waals surface area contributed by atoms with Crippen LogP contribution in [0.4, 0.5) is 18.9 Å². The minimum atomic E-state index is -4.38. The zero-order valence-corrected chi connectivity index (χ0v) is 11.9. The van der Waals surface area contributed by atoms with E-state index in [0.29, 0.717) is 12.2 Å². The highest BCUT2D eigenvalue weighted by atomic mass is 19.4. The van der Waals surface area contributed by atoms with Gasteiger partial charge in [-0.25, -0.2) is 0 Å². The van der Waals surface area contributed by atoms with Gasteiger partial charge in [-0.15, -0.1) is 0 Å². The average Bonchev–Trinajstić information content (AvgIpc) is 2.90. The van der Waals surface area contributed by atoms with Gasteiger partial charge in [-0.05, 0) is 43.4 Å². The van der Waals surface area contributed by atoms with E-state index in [1.165, 1.54) is 12.1 Å². The van der Waals surface area contributed by atoms with Crippen LogP contribution in [0.2, 0.25) is 0 Å². The monoisotopic (exact) mass is 312 g/mol. The number of hydrogen-bond acceptors (Lipinski definition) is 3. The number of carbonyl (C=O) groups is 1. The number of nitrogens with one attached hydrogen (secondary N) is 1. The fourth-order valence-corrected chi connectivity index (χ4v) is 1.91. The average molecular weight is 312 g/mol. The van der Waals surface area contributed by atoms with Gasteiger partial charge in [0.1, 0.15) is 5.76 Å². The van der Waals surface area contributed by atoms with Crippen LogP contribution in [0, 0.1) is 0 Å². The molecule has 0 fully saturated rings. The van der Waals surface area contributed by atoms with Crippen molar-refractivity contribution in [2.24, 2.45) is 0 Å². The van der Waals surface area contributed by atoms with Crippen LogP contribution in [0.1, 0.15) is 11.3 Å². The molecule has 1 aromatic carbocycles. The Labute approximate surface area is 125 Å². The zero-order valence-electron chi connectivity index (χ0n) is 11.9. The predicted octanol–water partition coefficient (Wildman–Crippen LogP) is 3.37. The lowest BCUT2D eigenvalue weighted by atomic mass is 10.2. The van der Waals surface area contributed by atoms with E-state index in [0.717, 1.165) is 17.9 Å². The molecule has 2 aromatic rings. The summed E-state index contributed by atoms with van der Waals surface area (Å²) in [6.45, 7) is 0.565. The summed E-state index contributed by atoms with van der Waals surface area (Å²) in [5, 5.41) is 2.55. The van der Waals surface area contributed by atoms with Crippen LogP contribution in [0.25, 0.3) is 0 Å². The zero-order chi connectivity index (χ0) is 16.2. The molecule has 22 heavy (non-hydrogen) atoms. The van der Waals surface area contributed by atoms with Gasteiger partial charge in [-0.1, -0.05) is 0 Å². The van der Waals surface area contributed by atoms with Gasteiger partial charge in [0.2, 0.25) is 5.91 Å². The molecule has 0 radical (unpaired) electrons. The molecule has 0 bridgehead atoms. The maximum atomic E-state index is 12.4. The third-order valence-electron chi connectivity index (χ3n) is 2.92. The Morgan fingerprint density at radius 1 is 1.23 bits per heavy atom. The highest BCUT2D eigenvalue weighted by Crippen LogP contribution is 2.29. The van der Waals surface area contributed by atoms with Gasteiger partial charge >= 0.3 is 6.18 Å². The standard InChI is InChI=1S/C15H15F3N2O2/c1-20(9-13-3-2-8-22-13)10-14(21)19-12-6-4-11(5-7-12)15(16,17)18/h2-8H,9-10H2,1H3,(H,19,21). The van der Waals surface area contributed by atoms with E-state index in [2.05, 4.69) is 5.32 Å². The van der Waals surface area contributed by atoms with E-state index in [1.807, 2.05) is 0 Å². The molecule has 0 unspecified atom stereocenters. The van der Waals surface area contributed by atoms with Crippen molar-refractivity contribution in [3.8, 4) is 0 Å². The number of furan rings is 1. The van der Waals surface area contributed by atoms with Gasteiger partial charge in [-0.2, -0.15) is 13.2 Å². The summed E-state index contributed by atoms with van der Waals surface area (Å²) in [6, 6.07) is 7.88. The molecule has 118 valence electrons. The molecule has 0 aliphatic rings. The Morgan fingerprint density at radius 2 is 1.91 bits per heavy atom. The summed E-state index contributed by atoms with van der Waals surface area (Å²) < 4.78 is 42.5. The van der Waals surface area contributed by atoms with Crippen molar-refractivity contribution in [1.29, 1.82) is 0 Å². The second-order valence-electron chi connectivity index (χ2n) is 4.87. The number of benzene rings is 1. The fraction of sp³-hybridized carbons (Fsp3) is 0.267. The van der Waals surface area contributed by atoms with Crippen molar-refractivity contribution in [1.82, 2.24) is 4.90 Å². The van der Waals surface area contributed by atoms with Crippen LogP contribution in [-0.2, 0) is 17.5 Å². The first-order chi connectivity index (χ1) is 10.3. The van der Waals surface area contributed by atoms with Crippen LogP contribution in [0.5, 0.6) is 0 Å². The molecule has 0 spiro atoms. The quantitative estimate of drug-likeness (QED) is 0.920. The van der Waals surface area contributed by atoms with E-state index < -0.39 is 11.7 Å². The van der Waals surface area contributed by atoms with Crippen LogP contribution in [0.15, 0.2) is 47.1 Å². The van der Waals surface area contributed by atoms with Crippen molar-refractivity contribution in [2.75, 3.05) is 18.9 Å². The highest BCUT2D eigenvalue weighted by Gasteiger charge is 2.29. The number of halogens is 3. The van der Waals surface area contributed by atoms with E-state index in [1.54, 1.807) is 30.3 Å². The minimum absolute atomic E-state index is 0.0989. The molecule has 0 atom stereocenters. The van der Waals surface area contributed by atoms with E-state index in [9.17, 15) is 18.0 Å². The third-order valence-corrected chi connectivity index (χ3v) is 2.92. The molecule has 1 N–H and O–H groups in total. The molecule has 0 aliphatic heterocycles. The van der Waals surface area contributed by atoms with Gasteiger partial charge in [-0.3, -0.25) is 9.69 Å². The predicted molar refractivity (Wildman–Crippen MR) is 75.1 cm³/mol. The first kappa shape index (κ1) is 16.1. The Balaban J connectivity index is 1.86. The maximum Gasteiger partial charge on any atom is 0.416 e. The lowest BCUT2D eigenvalue weighted by Gasteiger charge is -2.15. The fourth-order valence-electron chi connectivity index (χ4n) is 1.91. The van der Waals surface area contributed by atoms with Gasteiger partial charge < -0.3 is 9.73 Å². The summed E-state index contributed by atoms with van der Waals surface area (Å²) in [5.74, 6) is 0.415. The number of anilines is 1. The summed E-state index contributed by atoms with van der Waals surface area (Å²) in [6.07, 6.45) is -2.84. The summed E-state index contributed by atoms with van der Waals surface area (Å²) in [4.78, 5) is 13.6. The van der Waals surface area contributed by atoms with Crippen LogP contribution >= 0.6 is 0 Å². The van der Waals surface area contributed by atoms with Gasteiger partial charge in [0.25, 0.3) is 0 Å². The van der Waals surface area contributed by atoms with Crippen molar-refractivity contribution in [3.05, 3.63) is 54.0 Å². The number of hydrogen-bond donors (Lipinski definition) is 1. The minimum Gasteiger partial charge on any atom is -0.468 e. The van der Waals surface area contributed by atoms with Gasteiger partial charge in [0, 0.05) is 5.69 Å². The van der Waals surface area contributed by atoms with Crippen LogP contribution in [0.3, 0.4) is 0 Å². The van der Waals surface area contributed by atoms with Crippen LogP contribution in [-0.4, -0.2) is 24.4 Å². The summed E-state index contributed by atoms with van der Waals surface area (Å²) >= 11 is 0. The Kier molecular flexibility index (Phi) is 4.87. The number of alkyl halides is 3. The molecule has 2 rings (SSSR count). The van der Waals surface area contributed by atoms with Gasteiger partial charge in [0.15, 0.2) is 0 Å². The van der Waals surface area contributed by atoms with Crippen molar-refractivity contribution in [2.45, 2.75) is 12.7 Å². The van der Waals surface area contributed by atoms with E-state index in [-0.39, 0.29) is 12.5 Å².